The molecule has 0 radical (unpaired) electrons. The maximum absolute atomic E-state index is 12.1. The average Bonchev–Trinajstić information content (AvgIpc) is 2.73. The quantitative estimate of drug-likeness (QED) is 0.665. The summed E-state index contributed by atoms with van der Waals surface area (Å²) in [7, 11) is 1.71. The summed E-state index contributed by atoms with van der Waals surface area (Å²) in [6.07, 6.45) is 12.1. The van der Waals surface area contributed by atoms with E-state index >= 15 is 0 Å². The van der Waals surface area contributed by atoms with Gasteiger partial charge in [-0.25, -0.2) is 0 Å². The molecule has 0 saturated heterocycles. The van der Waals surface area contributed by atoms with Crippen LogP contribution in [-0.4, -0.2) is 23.6 Å². The number of ether oxygens (including phenoxy) is 1. The molecule has 1 N–H and O–H groups in total. The van der Waals surface area contributed by atoms with Gasteiger partial charge in [0.15, 0.2) is 5.78 Å². The molecule has 1 aromatic rings. The molecule has 1 unspecified atom stereocenters. The molecule has 1 aromatic carbocycles. The predicted molar refractivity (Wildman–Crippen MR) is 118 cm³/mol. The van der Waals surface area contributed by atoms with Gasteiger partial charge in [0.1, 0.15) is 5.75 Å². The third kappa shape index (κ3) is 2.92. The van der Waals surface area contributed by atoms with Crippen molar-refractivity contribution in [1.82, 2.24) is 0 Å². The van der Waals surface area contributed by atoms with Crippen molar-refractivity contribution in [3.63, 3.8) is 0 Å². The first kappa shape index (κ1) is 20.1. The summed E-state index contributed by atoms with van der Waals surface area (Å²) >= 11 is 0. The Morgan fingerprint density at radius 1 is 1.07 bits per heavy atom. The number of aliphatic hydroxyl groups is 1. The lowest BCUT2D eigenvalue weighted by Gasteiger charge is -2.62. The van der Waals surface area contributed by atoms with E-state index in [1.54, 1.807) is 7.11 Å². The van der Waals surface area contributed by atoms with Crippen molar-refractivity contribution in [1.29, 1.82) is 0 Å². The molecule has 0 amide bonds. The minimum Gasteiger partial charge on any atom is -0.497 e. The zero-order valence-corrected chi connectivity index (χ0v) is 18.4. The normalized spacial score (nSPS) is 42.6. The van der Waals surface area contributed by atoms with Crippen LogP contribution in [0, 0.1) is 29.1 Å². The van der Waals surface area contributed by atoms with Gasteiger partial charge < -0.3 is 9.84 Å². The molecule has 0 spiro atoms. The predicted octanol–water partition coefficient (Wildman–Crippen LogP) is 5.45. The van der Waals surface area contributed by atoms with Crippen LogP contribution in [0.3, 0.4) is 0 Å². The first-order valence-electron chi connectivity index (χ1n) is 11.6. The van der Waals surface area contributed by atoms with Gasteiger partial charge in [0.2, 0.25) is 0 Å². The summed E-state index contributed by atoms with van der Waals surface area (Å²) in [6.45, 7) is 4.33. The number of allylic oxidation sites excluding steroid dienone is 3. The lowest BCUT2D eigenvalue weighted by molar-refractivity contribution is -0.138. The van der Waals surface area contributed by atoms with Crippen LogP contribution in [0.2, 0.25) is 0 Å². The molecule has 3 heteroatoms. The first-order valence-corrected chi connectivity index (χ1v) is 11.6. The van der Waals surface area contributed by atoms with Crippen molar-refractivity contribution in [3.8, 4) is 5.75 Å². The molecular formula is C27H34O3. The third-order valence-corrected chi connectivity index (χ3v) is 9.23. The van der Waals surface area contributed by atoms with Crippen molar-refractivity contribution < 1.29 is 14.6 Å². The van der Waals surface area contributed by atoms with E-state index in [4.69, 9.17) is 4.74 Å². The number of fused-ring (bicyclic) bond motifs is 5. The Morgan fingerprint density at radius 2 is 1.83 bits per heavy atom. The van der Waals surface area contributed by atoms with Gasteiger partial charge in [0.25, 0.3) is 0 Å². The van der Waals surface area contributed by atoms with Crippen LogP contribution in [0.25, 0.3) is 0 Å². The Labute approximate surface area is 180 Å². The van der Waals surface area contributed by atoms with Crippen molar-refractivity contribution in [3.05, 3.63) is 53.6 Å². The summed E-state index contributed by atoms with van der Waals surface area (Å²) in [4.78, 5) is 12.1. The Bertz CT molecular complexity index is 893. The topological polar surface area (TPSA) is 46.5 Å². The molecule has 30 heavy (non-hydrogen) atoms. The SMILES string of the molecule is COc1ccc([C@H]2C[C@@]3(C)[C@@H](CC=CC3(C)O)[C@@H]3CCC4=CC(=O)CC[C@@H]4[C@H]32)cc1. The number of hydrogen-bond donors (Lipinski definition) is 1. The summed E-state index contributed by atoms with van der Waals surface area (Å²) < 4.78 is 5.40. The summed E-state index contributed by atoms with van der Waals surface area (Å²) in [6, 6.07) is 8.59. The molecule has 0 aliphatic heterocycles. The largest absolute Gasteiger partial charge is 0.497 e. The van der Waals surface area contributed by atoms with Gasteiger partial charge in [-0.05, 0) is 92.4 Å². The van der Waals surface area contributed by atoms with Gasteiger partial charge in [-0.1, -0.05) is 36.8 Å². The highest BCUT2D eigenvalue weighted by Crippen LogP contribution is 2.65. The minimum absolute atomic E-state index is 0.140. The summed E-state index contributed by atoms with van der Waals surface area (Å²) in [5, 5.41) is 11.5. The molecule has 0 heterocycles. The molecule has 160 valence electrons. The average molecular weight is 407 g/mol. The number of benzene rings is 1. The van der Waals surface area contributed by atoms with Crippen molar-refractivity contribution >= 4 is 5.78 Å². The molecule has 4 aliphatic rings. The highest BCUT2D eigenvalue weighted by molar-refractivity contribution is 5.91. The first-order chi connectivity index (χ1) is 14.3. The number of carbonyl (C=O) groups is 1. The highest BCUT2D eigenvalue weighted by Gasteiger charge is 2.60. The fraction of sp³-hybridized carbons (Fsp3) is 0.593. The van der Waals surface area contributed by atoms with Crippen LogP contribution in [-0.2, 0) is 4.79 Å². The maximum Gasteiger partial charge on any atom is 0.155 e. The molecule has 0 bridgehead atoms. The fourth-order valence-electron chi connectivity index (χ4n) is 7.50. The summed E-state index contributed by atoms with van der Waals surface area (Å²) in [5.74, 6) is 3.72. The maximum atomic E-state index is 12.1. The smallest absolute Gasteiger partial charge is 0.155 e. The van der Waals surface area contributed by atoms with Crippen LogP contribution in [0.5, 0.6) is 5.75 Å². The lowest BCUT2D eigenvalue weighted by atomic mass is 9.43. The molecule has 7 atom stereocenters. The number of carbonyl (C=O) groups excluding carboxylic acids is 1. The zero-order chi connectivity index (χ0) is 21.1. The van der Waals surface area contributed by atoms with Gasteiger partial charge in [-0.2, -0.15) is 0 Å². The van der Waals surface area contributed by atoms with E-state index in [-0.39, 0.29) is 5.41 Å². The van der Waals surface area contributed by atoms with Crippen LogP contribution in [0.1, 0.15) is 63.9 Å². The van der Waals surface area contributed by atoms with Gasteiger partial charge in [0, 0.05) is 11.8 Å². The van der Waals surface area contributed by atoms with E-state index in [0.29, 0.717) is 41.8 Å². The van der Waals surface area contributed by atoms with Gasteiger partial charge in [0.05, 0.1) is 12.7 Å². The molecule has 0 aromatic heterocycles. The molecule has 4 aliphatic carbocycles. The van der Waals surface area contributed by atoms with E-state index in [1.165, 1.54) is 11.1 Å². The van der Waals surface area contributed by atoms with Crippen molar-refractivity contribution in [2.75, 3.05) is 7.11 Å². The van der Waals surface area contributed by atoms with Gasteiger partial charge >= 0.3 is 0 Å². The van der Waals surface area contributed by atoms with E-state index in [9.17, 15) is 9.90 Å². The monoisotopic (exact) mass is 406 g/mol. The number of ketones is 1. The third-order valence-electron chi connectivity index (χ3n) is 9.23. The zero-order valence-electron chi connectivity index (χ0n) is 18.4. The van der Waals surface area contributed by atoms with Gasteiger partial charge in [-0.3, -0.25) is 4.79 Å². The molecule has 2 saturated carbocycles. The van der Waals surface area contributed by atoms with Crippen LogP contribution in [0.15, 0.2) is 48.1 Å². The lowest BCUT2D eigenvalue weighted by Crippen LogP contribution is -2.59. The minimum atomic E-state index is -0.787. The van der Waals surface area contributed by atoms with Gasteiger partial charge in [-0.15, -0.1) is 0 Å². The standard InChI is InChI=1S/C27H34O3/c1-26-16-23(17-6-10-20(30-3)11-7-17)25-21-13-9-19(28)15-18(21)8-12-22(25)24(26)5-4-14-27(26,2)29/h4,6-7,10-11,14-15,21-25,29H,5,8-9,12-13,16H2,1-3H3/t21-,22-,23+,24-,25+,26-,27?/m0/s1. The molecular weight excluding hydrogens is 372 g/mol. The number of hydrogen-bond acceptors (Lipinski definition) is 3. The Balaban J connectivity index is 1.61. The summed E-state index contributed by atoms with van der Waals surface area (Å²) in [5.41, 5.74) is 1.82. The Hall–Kier alpha value is -1.87. The second-order valence-corrected chi connectivity index (χ2v) is 10.5. The van der Waals surface area contributed by atoms with E-state index in [2.05, 4.69) is 37.3 Å². The molecule has 2 fully saturated rings. The molecule has 3 nitrogen and oxygen atoms in total. The highest BCUT2D eigenvalue weighted by atomic mass is 16.5. The number of rotatable bonds is 2. The molecule has 5 rings (SSSR count). The van der Waals surface area contributed by atoms with E-state index in [0.717, 1.165) is 37.9 Å². The fourth-order valence-corrected chi connectivity index (χ4v) is 7.50. The van der Waals surface area contributed by atoms with E-state index < -0.39 is 5.60 Å². The van der Waals surface area contributed by atoms with Crippen molar-refractivity contribution in [2.24, 2.45) is 29.1 Å². The van der Waals surface area contributed by atoms with Crippen LogP contribution >= 0.6 is 0 Å². The Kier molecular flexibility index (Phi) is 4.74. The van der Waals surface area contributed by atoms with Crippen LogP contribution < -0.4 is 4.74 Å². The Morgan fingerprint density at radius 3 is 2.57 bits per heavy atom. The van der Waals surface area contributed by atoms with Crippen LogP contribution in [0.4, 0.5) is 0 Å². The van der Waals surface area contributed by atoms with E-state index in [1.807, 2.05) is 19.1 Å². The second-order valence-electron chi connectivity index (χ2n) is 10.5. The second kappa shape index (κ2) is 7.09. The van der Waals surface area contributed by atoms with Crippen molar-refractivity contribution in [2.45, 2.75) is 63.9 Å². The number of methoxy groups -OCH3 is 1.